The highest BCUT2D eigenvalue weighted by molar-refractivity contribution is 7.89. The molecule has 0 aliphatic heterocycles. The summed E-state index contributed by atoms with van der Waals surface area (Å²) >= 11 is 0. The van der Waals surface area contributed by atoms with E-state index in [4.69, 9.17) is 30.6 Å². The Morgan fingerprint density at radius 3 is 1.09 bits per heavy atom. The summed E-state index contributed by atoms with van der Waals surface area (Å²) in [4.78, 5) is 72.9. The molecule has 0 saturated heterocycles. The highest BCUT2D eigenvalue weighted by Gasteiger charge is 2.06. The summed E-state index contributed by atoms with van der Waals surface area (Å²) in [6.45, 7) is 6.16. The number of hydrogen-bond donors (Lipinski definition) is 9. The molecule has 3 aromatic carbocycles. The normalized spacial score (nSPS) is 9.91. The minimum atomic E-state index is -3.60. The van der Waals surface area contributed by atoms with Crippen LogP contribution in [0.25, 0.3) is 0 Å². The molecule has 0 aliphatic rings. The first kappa shape index (κ1) is 65.1. The molecule has 3 rings (SSSR count). The maximum atomic E-state index is 10.7. The van der Waals surface area contributed by atoms with Crippen LogP contribution in [0.3, 0.4) is 0 Å². The molecule has 65 heavy (non-hydrogen) atoms. The number of carbonyl (C=O) groups is 7. The average molecular weight is 958 g/mol. The molecule has 0 aliphatic carbocycles. The fourth-order valence-electron chi connectivity index (χ4n) is 4.33. The number of ketones is 2. The van der Waals surface area contributed by atoms with Crippen LogP contribution in [-0.4, -0.2) is 107 Å². The third-order valence-corrected chi connectivity index (χ3v) is 9.09. The zero-order valence-electron chi connectivity index (χ0n) is 34.8. The van der Waals surface area contributed by atoms with E-state index in [9.17, 15) is 50.4 Å². The second-order valence-corrected chi connectivity index (χ2v) is 16.8. The summed E-state index contributed by atoms with van der Waals surface area (Å²) in [6.07, 6.45) is 4.63. The minimum absolute atomic E-state index is 0. The summed E-state index contributed by atoms with van der Waals surface area (Å²) in [5.74, 6) is -5.19. The van der Waals surface area contributed by atoms with Gasteiger partial charge < -0.3 is 45.5 Å². The smallest absolute Gasteiger partial charge is 0.335 e. The van der Waals surface area contributed by atoms with E-state index in [-0.39, 0.29) is 56.5 Å². The lowest BCUT2D eigenvalue weighted by molar-refractivity contribution is -0.137. The van der Waals surface area contributed by atoms with Crippen LogP contribution < -0.4 is 15.6 Å². The Morgan fingerprint density at radius 2 is 0.846 bits per heavy atom. The van der Waals surface area contributed by atoms with Crippen molar-refractivity contribution in [3.63, 3.8) is 0 Å². The number of sulfonamides is 2. The number of hydrogen-bond acceptors (Lipinski definition) is 13. The van der Waals surface area contributed by atoms with E-state index in [1.807, 2.05) is 0 Å². The number of carbonyl (C=O) groups excluding carboxylic acids is 2. The SMILES string of the molecule is C.C.C=C(O)CCCS(N)(=O)=O.CC(=O)CCCc1ccc(C(=O)O)cc1.CC(=O)CCCc1ccc(C(=O)O)cc1.NS(=O)(=O)CCC(=O)O.O=C(O)CNc1ccc(C(=O)O)cc1. The van der Waals surface area contributed by atoms with Gasteiger partial charge in [0.05, 0.1) is 40.4 Å². The summed E-state index contributed by atoms with van der Waals surface area (Å²) in [7, 11) is -6.97. The zero-order chi connectivity index (χ0) is 48.8. The standard InChI is InChI=1S/2C12H14O3.C9H9NO4.C5H11NO3S.C3H7NO4S.2CH4/c2*1-9(13)3-2-4-10-5-7-11(8-6-10)12(14)15;11-8(12)5-10-7-3-1-6(2-4-7)9(13)14;1-5(7)3-2-4-10(6,8)9;4-9(7,8)2-1-3(5)6;;/h2*5-8H,2-4H2,1H3,(H,14,15);1-4,10H,5H2,(H,11,12)(H,13,14);7H,1-4H2,(H2,6,8,9);1-2H2,(H,5,6)(H2,4,7,8);2*1H4. The fraction of sp³-hybridized carbons (Fsp3) is 0.372. The number of rotatable bonds is 21. The highest BCUT2D eigenvalue weighted by atomic mass is 32.2. The molecule has 0 fully saturated rings. The van der Waals surface area contributed by atoms with Crippen LogP contribution in [0.1, 0.15) is 116 Å². The van der Waals surface area contributed by atoms with E-state index in [1.54, 1.807) is 62.4 Å². The molecule has 0 bridgehead atoms. The molecule has 20 nitrogen and oxygen atoms in total. The minimum Gasteiger partial charge on any atom is -0.513 e. The number of aliphatic hydroxyl groups excluding tert-OH is 1. The Morgan fingerprint density at radius 1 is 0.508 bits per heavy atom. The highest BCUT2D eigenvalue weighted by Crippen LogP contribution is 2.10. The first-order valence-electron chi connectivity index (χ1n) is 18.6. The van der Waals surface area contributed by atoms with Crippen LogP contribution in [0.15, 0.2) is 85.1 Å². The molecule has 0 amide bonds. The number of aliphatic hydroxyl groups is 1. The van der Waals surface area contributed by atoms with Gasteiger partial charge in [-0.1, -0.05) is 45.7 Å². The van der Waals surface area contributed by atoms with E-state index in [0.717, 1.165) is 36.8 Å². The number of carboxylic acids is 5. The number of allylic oxidation sites excluding steroid dienone is 1. The Kier molecular flexibility index (Phi) is 35.0. The van der Waals surface area contributed by atoms with Gasteiger partial charge in [0, 0.05) is 24.9 Å². The van der Waals surface area contributed by atoms with Crippen LogP contribution in [0.4, 0.5) is 5.69 Å². The number of nitrogens with one attached hydrogen (secondary N) is 1. The largest absolute Gasteiger partial charge is 0.513 e. The van der Waals surface area contributed by atoms with Gasteiger partial charge in [-0.15, -0.1) is 0 Å². The Bertz CT molecular complexity index is 2100. The zero-order valence-corrected chi connectivity index (χ0v) is 36.4. The summed E-state index contributed by atoms with van der Waals surface area (Å²) < 4.78 is 40.7. The molecule has 0 unspecified atom stereocenters. The molecular weight excluding hydrogens is 895 g/mol. The molecule has 22 heteroatoms. The van der Waals surface area contributed by atoms with Crippen molar-refractivity contribution in [2.45, 2.75) is 86.5 Å². The molecular formula is C43H63N3O17S2. The van der Waals surface area contributed by atoms with E-state index < -0.39 is 62.1 Å². The van der Waals surface area contributed by atoms with Gasteiger partial charge in [-0.25, -0.2) is 41.5 Å². The van der Waals surface area contributed by atoms with Crippen LogP contribution in [0.2, 0.25) is 0 Å². The number of anilines is 1. The number of aliphatic carboxylic acids is 2. The molecule has 3 aromatic rings. The van der Waals surface area contributed by atoms with Crippen molar-refractivity contribution in [2.75, 3.05) is 23.4 Å². The van der Waals surface area contributed by atoms with Crippen molar-refractivity contribution < 1.29 is 81.0 Å². The van der Waals surface area contributed by atoms with Crippen molar-refractivity contribution in [2.24, 2.45) is 10.3 Å². The van der Waals surface area contributed by atoms with Crippen LogP contribution in [-0.2, 0) is 52.1 Å². The lowest BCUT2D eigenvalue weighted by atomic mass is 10.1. The van der Waals surface area contributed by atoms with Gasteiger partial charge in [0.1, 0.15) is 18.1 Å². The predicted molar refractivity (Wildman–Crippen MR) is 246 cm³/mol. The number of carboxylic acid groups (broad SMARTS) is 5. The summed E-state index contributed by atoms with van der Waals surface area (Å²) in [6, 6.07) is 19.4. The predicted octanol–water partition coefficient (Wildman–Crippen LogP) is 5.62. The molecule has 0 spiro atoms. The Balaban J connectivity index is -0.000000360. The second kappa shape index (κ2) is 34.9. The van der Waals surface area contributed by atoms with Crippen LogP contribution >= 0.6 is 0 Å². The monoisotopic (exact) mass is 957 g/mol. The summed E-state index contributed by atoms with van der Waals surface area (Å²) in [5.41, 5.74) is 3.49. The quantitative estimate of drug-likeness (QED) is 0.0585. The number of nitrogens with two attached hydrogens (primary N) is 2. The van der Waals surface area contributed by atoms with Crippen LogP contribution in [0, 0.1) is 0 Å². The van der Waals surface area contributed by atoms with Gasteiger partial charge >= 0.3 is 29.8 Å². The topological polar surface area (TPSA) is 373 Å². The number of aryl methyl sites for hydroxylation is 2. The fourth-order valence-corrected chi connectivity index (χ4v) is 5.33. The van der Waals surface area contributed by atoms with Gasteiger partial charge in [-0.2, -0.15) is 0 Å². The lowest BCUT2D eigenvalue weighted by Crippen LogP contribution is -2.18. The van der Waals surface area contributed by atoms with E-state index in [1.165, 1.54) is 24.3 Å². The van der Waals surface area contributed by atoms with Crippen molar-refractivity contribution in [3.05, 3.63) is 113 Å². The van der Waals surface area contributed by atoms with Gasteiger partial charge in [0.15, 0.2) is 0 Å². The molecule has 0 radical (unpaired) electrons. The van der Waals surface area contributed by atoms with Gasteiger partial charge in [0.25, 0.3) is 0 Å². The number of Topliss-reactive ketones (excluding diaryl/α,β-unsaturated/α-hetero) is 2. The maximum absolute atomic E-state index is 10.7. The van der Waals surface area contributed by atoms with E-state index in [0.29, 0.717) is 36.1 Å². The first-order chi connectivity index (χ1) is 29.1. The van der Waals surface area contributed by atoms with Gasteiger partial charge in [-0.3, -0.25) is 9.59 Å². The van der Waals surface area contributed by atoms with Crippen molar-refractivity contribution >= 4 is 67.1 Å². The molecule has 11 N–H and O–H groups in total. The molecule has 0 atom stereocenters. The average Bonchev–Trinajstić information content (AvgIpc) is 3.17. The number of primary sulfonamides is 2. The molecule has 0 saturated carbocycles. The summed E-state index contributed by atoms with van der Waals surface area (Å²) in [5, 5.41) is 62.6. The van der Waals surface area contributed by atoms with Gasteiger partial charge in [-0.05, 0) is 106 Å². The van der Waals surface area contributed by atoms with Gasteiger partial charge in [0.2, 0.25) is 20.0 Å². The van der Waals surface area contributed by atoms with Crippen molar-refractivity contribution in [1.29, 1.82) is 0 Å². The third kappa shape index (κ3) is 41.3. The van der Waals surface area contributed by atoms with Crippen molar-refractivity contribution in [3.8, 4) is 0 Å². The Labute approximate surface area is 380 Å². The maximum Gasteiger partial charge on any atom is 0.335 e. The first-order valence-corrected chi connectivity index (χ1v) is 22.1. The third-order valence-electron chi connectivity index (χ3n) is 7.46. The van der Waals surface area contributed by atoms with E-state index in [2.05, 4.69) is 22.2 Å². The molecule has 0 aromatic heterocycles. The number of benzene rings is 3. The Hall–Kier alpha value is -6.49. The van der Waals surface area contributed by atoms with Crippen LogP contribution in [0.5, 0.6) is 0 Å². The number of aromatic carboxylic acids is 3. The molecule has 0 heterocycles. The van der Waals surface area contributed by atoms with Crippen molar-refractivity contribution in [1.82, 2.24) is 0 Å². The molecule has 364 valence electrons. The lowest BCUT2D eigenvalue weighted by Gasteiger charge is -2.02. The van der Waals surface area contributed by atoms with E-state index >= 15 is 0 Å². The second-order valence-electron chi connectivity index (χ2n) is 13.3.